The molecular formula is C14H13ClO2S. The van der Waals surface area contributed by atoms with E-state index in [9.17, 15) is 0 Å². The molecule has 0 aliphatic heterocycles. The standard InChI is InChI=1S/C14H13ClO2S/c1-16-12-4-3-5-13(17-2)14(12)10-7-6-9(18)8-11(10)15/h3-8,18H,1-2H3. The average Bonchev–Trinajstić information content (AvgIpc) is 2.38. The van der Waals surface area contributed by atoms with E-state index in [-0.39, 0.29) is 0 Å². The van der Waals surface area contributed by atoms with Crippen molar-refractivity contribution in [3.8, 4) is 22.6 Å². The maximum absolute atomic E-state index is 6.26. The molecule has 0 saturated carbocycles. The van der Waals surface area contributed by atoms with E-state index in [0.717, 1.165) is 27.5 Å². The van der Waals surface area contributed by atoms with Gasteiger partial charge in [0.15, 0.2) is 0 Å². The lowest BCUT2D eigenvalue weighted by atomic mass is 10.0. The molecule has 2 aromatic carbocycles. The first-order chi connectivity index (χ1) is 8.67. The second-order valence-corrected chi connectivity index (χ2v) is 4.63. The third-order valence-corrected chi connectivity index (χ3v) is 3.24. The fraction of sp³-hybridized carbons (Fsp3) is 0.143. The number of hydrogen-bond donors (Lipinski definition) is 1. The fourth-order valence-electron chi connectivity index (χ4n) is 1.82. The summed E-state index contributed by atoms with van der Waals surface area (Å²) in [7, 11) is 3.25. The van der Waals surface area contributed by atoms with Gasteiger partial charge in [-0.3, -0.25) is 0 Å². The normalized spacial score (nSPS) is 10.2. The van der Waals surface area contributed by atoms with Crippen molar-refractivity contribution < 1.29 is 9.47 Å². The van der Waals surface area contributed by atoms with E-state index < -0.39 is 0 Å². The van der Waals surface area contributed by atoms with Crippen molar-refractivity contribution in [2.45, 2.75) is 4.90 Å². The number of halogens is 1. The highest BCUT2D eigenvalue weighted by Crippen LogP contribution is 2.41. The predicted octanol–water partition coefficient (Wildman–Crippen LogP) is 4.31. The van der Waals surface area contributed by atoms with E-state index in [0.29, 0.717) is 5.02 Å². The lowest BCUT2D eigenvalue weighted by Crippen LogP contribution is -1.93. The van der Waals surface area contributed by atoms with Crippen LogP contribution in [0.5, 0.6) is 11.5 Å². The molecule has 0 aliphatic carbocycles. The Morgan fingerprint density at radius 3 is 2.11 bits per heavy atom. The van der Waals surface area contributed by atoms with Crippen LogP contribution < -0.4 is 9.47 Å². The van der Waals surface area contributed by atoms with Gasteiger partial charge in [0.2, 0.25) is 0 Å². The first-order valence-corrected chi connectivity index (χ1v) is 6.19. The van der Waals surface area contributed by atoms with Gasteiger partial charge in [-0.1, -0.05) is 23.7 Å². The Morgan fingerprint density at radius 2 is 1.61 bits per heavy atom. The van der Waals surface area contributed by atoms with Gasteiger partial charge in [-0.2, -0.15) is 0 Å². The van der Waals surface area contributed by atoms with Gasteiger partial charge in [0, 0.05) is 15.5 Å². The maximum atomic E-state index is 6.26. The molecule has 2 aromatic rings. The van der Waals surface area contributed by atoms with E-state index in [1.54, 1.807) is 20.3 Å². The summed E-state index contributed by atoms with van der Waals surface area (Å²) in [6, 6.07) is 11.2. The Kier molecular flexibility index (Phi) is 4.04. The molecule has 0 radical (unpaired) electrons. The number of benzene rings is 2. The first kappa shape index (κ1) is 13.1. The highest BCUT2D eigenvalue weighted by Gasteiger charge is 2.14. The third-order valence-electron chi connectivity index (χ3n) is 2.65. The molecule has 0 aromatic heterocycles. The molecule has 18 heavy (non-hydrogen) atoms. The summed E-state index contributed by atoms with van der Waals surface area (Å²) < 4.78 is 10.7. The minimum atomic E-state index is 0.616. The van der Waals surface area contributed by atoms with Crippen molar-refractivity contribution in [1.29, 1.82) is 0 Å². The van der Waals surface area contributed by atoms with Gasteiger partial charge in [0.1, 0.15) is 11.5 Å². The second-order valence-electron chi connectivity index (χ2n) is 3.70. The Balaban J connectivity index is 2.68. The minimum Gasteiger partial charge on any atom is -0.496 e. The SMILES string of the molecule is COc1cccc(OC)c1-c1ccc(S)cc1Cl. The molecule has 4 heteroatoms. The zero-order chi connectivity index (χ0) is 13.1. The van der Waals surface area contributed by atoms with Gasteiger partial charge in [-0.05, 0) is 24.3 Å². The molecule has 0 fully saturated rings. The lowest BCUT2D eigenvalue weighted by molar-refractivity contribution is 0.397. The van der Waals surface area contributed by atoms with Gasteiger partial charge >= 0.3 is 0 Å². The fourth-order valence-corrected chi connectivity index (χ4v) is 2.38. The molecule has 0 saturated heterocycles. The smallest absolute Gasteiger partial charge is 0.130 e. The summed E-state index contributed by atoms with van der Waals surface area (Å²) in [5.74, 6) is 1.45. The number of thiol groups is 1. The van der Waals surface area contributed by atoms with Crippen LogP contribution in [0.15, 0.2) is 41.3 Å². The topological polar surface area (TPSA) is 18.5 Å². The number of ether oxygens (including phenoxy) is 2. The van der Waals surface area contributed by atoms with Gasteiger partial charge < -0.3 is 9.47 Å². The minimum absolute atomic E-state index is 0.616. The van der Waals surface area contributed by atoms with E-state index >= 15 is 0 Å². The average molecular weight is 281 g/mol. The van der Waals surface area contributed by atoms with E-state index in [1.165, 1.54) is 0 Å². The third kappa shape index (κ3) is 2.42. The van der Waals surface area contributed by atoms with E-state index in [2.05, 4.69) is 12.6 Å². The summed E-state index contributed by atoms with van der Waals surface area (Å²) in [4.78, 5) is 0.817. The molecular weight excluding hydrogens is 268 g/mol. The Labute approximate surface area is 117 Å². The number of hydrogen-bond acceptors (Lipinski definition) is 3. The molecule has 0 unspecified atom stereocenters. The van der Waals surface area contributed by atoms with Crippen LogP contribution in [0.3, 0.4) is 0 Å². The van der Waals surface area contributed by atoms with Crippen LogP contribution in [0.25, 0.3) is 11.1 Å². The van der Waals surface area contributed by atoms with Crippen LogP contribution >= 0.6 is 24.2 Å². The van der Waals surface area contributed by atoms with Gasteiger partial charge in [-0.25, -0.2) is 0 Å². The van der Waals surface area contributed by atoms with Crippen molar-refractivity contribution in [1.82, 2.24) is 0 Å². The zero-order valence-corrected chi connectivity index (χ0v) is 11.8. The van der Waals surface area contributed by atoms with Crippen molar-refractivity contribution in [3.63, 3.8) is 0 Å². The summed E-state index contributed by atoms with van der Waals surface area (Å²) in [6.07, 6.45) is 0. The van der Waals surface area contributed by atoms with Crippen LogP contribution in [0, 0.1) is 0 Å². The van der Waals surface area contributed by atoms with Crippen LogP contribution in [-0.2, 0) is 0 Å². The molecule has 0 aliphatic rings. The van der Waals surface area contributed by atoms with E-state index in [4.69, 9.17) is 21.1 Å². The largest absolute Gasteiger partial charge is 0.496 e. The highest BCUT2D eigenvalue weighted by molar-refractivity contribution is 7.80. The van der Waals surface area contributed by atoms with Crippen molar-refractivity contribution in [2.24, 2.45) is 0 Å². The summed E-state index contributed by atoms with van der Waals surface area (Å²) in [6.45, 7) is 0. The van der Waals surface area contributed by atoms with E-state index in [1.807, 2.05) is 30.3 Å². The Bertz CT molecular complexity index is 547. The molecule has 0 amide bonds. The van der Waals surface area contributed by atoms with Crippen molar-refractivity contribution in [2.75, 3.05) is 14.2 Å². The molecule has 94 valence electrons. The highest BCUT2D eigenvalue weighted by atomic mass is 35.5. The van der Waals surface area contributed by atoms with Crippen LogP contribution in [0.4, 0.5) is 0 Å². The summed E-state index contributed by atoms with van der Waals surface area (Å²) in [5.41, 5.74) is 1.71. The Hall–Kier alpha value is -1.32. The molecule has 0 atom stereocenters. The first-order valence-electron chi connectivity index (χ1n) is 5.37. The van der Waals surface area contributed by atoms with Crippen LogP contribution in [0.2, 0.25) is 5.02 Å². The number of rotatable bonds is 3. The molecule has 2 nitrogen and oxygen atoms in total. The van der Waals surface area contributed by atoms with Gasteiger partial charge in [0.05, 0.1) is 19.8 Å². The van der Waals surface area contributed by atoms with Crippen LogP contribution in [-0.4, -0.2) is 14.2 Å². The monoisotopic (exact) mass is 280 g/mol. The molecule has 0 spiro atoms. The second kappa shape index (κ2) is 5.55. The van der Waals surface area contributed by atoms with Crippen molar-refractivity contribution >= 4 is 24.2 Å². The molecule has 0 bridgehead atoms. The quantitative estimate of drug-likeness (QED) is 0.845. The summed E-state index contributed by atoms with van der Waals surface area (Å²) in [5, 5.41) is 0.616. The lowest BCUT2D eigenvalue weighted by Gasteiger charge is -2.14. The van der Waals surface area contributed by atoms with Gasteiger partial charge in [0.25, 0.3) is 0 Å². The number of methoxy groups -OCH3 is 2. The van der Waals surface area contributed by atoms with Crippen LogP contribution in [0.1, 0.15) is 0 Å². The Morgan fingerprint density at radius 1 is 1.00 bits per heavy atom. The van der Waals surface area contributed by atoms with Crippen molar-refractivity contribution in [3.05, 3.63) is 41.4 Å². The maximum Gasteiger partial charge on any atom is 0.130 e. The summed E-state index contributed by atoms with van der Waals surface area (Å²) >= 11 is 10.5. The predicted molar refractivity (Wildman–Crippen MR) is 77.2 cm³/mol. The molecule has 0 N–H and O–H groups in total. The molecule has 2 rings (SSSR count). The van der Waals surface area contributed by atoms with Gasteiger partial charge in [-0.15, -0.1) is 12.6 Å². The molecule has 0 heterocycles. The zero-order valence-electron chi connectivity index (χ0n) is 10.1.